The van der Waals surface area contributed by atoms with Crippen LogP contribution in [0, 0.1) is 0 Å². The van der Waals surface area contributed by atoms with Gasteiger partial charge in [-0.2, -0.15) is 26.3 Å². The van der Waals surface area contributed by atoms with Crippen LogP contribution in [0.1, 0.15) is 11.1 Å². The Hall–Kier alpha value is -2.18. The number of nitrogens with one attached hydrogen (secondary N) is 2. The Labute approximate surface area is 169 Å². The van der Waals surface area contributed by atoms with Gasteiger partial charge in [0.25, 0.3) is 10.0 Å². The summed E-state index contributed by atoms with van der Waals surface area (Å²) in [4.78, 5) is 11.3. The van der Waals surface area contributed by atoms with Gasteiger partial charge in [0.05, 0.1) is 26.1 Å². The molecule has 2 aromatic carbocycles. The molecule has 0 radical (unpaired) electrons. The van der Waals surface area contributed by atoms with Crippen molar-refractivity contribution in [2.24, 2.45) is 0 Å². The molecule has 0 bridgehead atoms. The number of hydrogen-bond donors (Lipinski definition) is 2. The number of anilines is 1. The van der Waals surface area contributed by atoms with E-state index in [0.29, 0.717) is 0 Å². The first-order valence-corrected chi connectivity index (χ1v) is 9.42. The summed E-state index contributed by atoms with van der Waals surface area (Å²) < 4.78 is 103. The molecule has 2 aromatic rings. The van der Waals surface area contributed by atoms with Gasteiger partial charge in [0.15, 0.2) is 0 Å². The van der Waals surface area contributed by atoms with Crippen molar-refractivity contribution in [1.82, 2.24) is 4.72 Å². The Bertz CT molecular complexity index is 1020. The lowest BCUT2D eigenvalue weighted by Gasteiger charge is -2.15. The zero-order valence-electron chi connectivity index (χ0n) is 13.6. The number of sulfonamides is 1. The minimum atomic E-state index is -5.14. The highest BCUT2D eigenvalue weighted by Crippen LogP contribution is 2.37. The van der Waals surface area contributed by atoms with Crippen molar-refractivity contribution < 1.29 is 39.6 Å². The number of hydrogen-bond acceptors (Lipinski definition) is 3. The van der Waals surface area contributed by atoms with E-state index in [0.717, 1.165) is 18.2 Å². The molecule has 14 heteroatoms. The maximum atomic E-state index is 12.8. The van der Waals surface area contributed by atoms with Crippen LogP contribution in [0.4, 0.5) is 36.8 Å². The van der Waals surface area contributed by atoms with Crippen LogP contribution in [0.25, 0.3) is 0 Å². The summed E-state index contributed by atoms with van der Waals surface area (Å²) in [6.07, 6.45) is -10.3. The van der Waals surface area contributed by atoms with Gasteiger partial charge in [-0.3, -0.25) is 0 Å². The van der Waals surface area contributed by atoms with Crippen LogP contribution in [0.5, 0.6) is 0 Å². The van der Waals surface area contributed by atoms with Crippen LogP contribution >= 0.6 is 23.2 Å². The summed E-state index contributed by atoms with van der Waals surface area (Å²) in [7, 11) is -4.55. The predicted octanol–water partition coefficient (Wildman–Crippen LogP) is 5.54. The lowest BCUT2D eigenvalue weighted by molar-refractivity contribution is -0.143. The number of urea groups is 1. The minimum absolute atomic E-state index is 0.0127. The van der Waals surface area contributed by atoms with E-state index in [1.165, 1.54) is 4.72 Å². The zero-order chi connectivity index (χ0) is 22.2. The third kappa shape index (κ3) is 5.90. The first-order chi connectivity index (χ1) is 13.1. The van der Waals surface area contributed by atoms with Gasteiger partial charge >= 0.3 is 18.4 Å². The van der Waals surface area contributed by atoms with Crippen LogP contribution in [0.2, 0.25) is 10.0 Å². The molecule has 0 aliphatic heterocycles. The molecule has 0 unspecified atom stereocenters. The van der Waals surface area contributed by atoms with Crippen molar-refractivity contribution in [3.8, 4) is 0 Å². The van der Waals surface area contributed by atoms with Crippen molar-refractivity contribution in [1.29, 1.82) is 0 Å². The number of carbonyl (C=O) groups excluding carboxylic acids is 1. The number of alkyl halides is 6. The summed E-state index contributed by atoms with van der Waals surface area (Å²) in [5.74, 6) is 0. The fraction of sp³-hybridized carbons (Fsp3) is 0.133. The van der Waals surface area contributed by atoms with Crippen molar-refractivity contribution in [2.45, 2.75) is 17.2 Å². The van der Waals surface area contributed by atoms with Gasteiger partial charge in [-0.25, -0.2) is 17.9 Å². The third-order valence-corrected chi connectivity index (χ3v) is 5.34. The van der Waals surface area contributed by atoms with Crippen LogP contribution in [0.15, 0.2) is 41.3 Å². The molecular weight excluding hydrogens is 473 g/mol. The largest absolute Gasteiger partial charge is 0.416 e. The molecule has 158 valence electrons. The SMILES string of the molecule is O=C(Nc1cc(C(F)(F)F)cc(C(F)(F)F)c1)NS(=O)(=O)c1ccc(Cl)c(Cl)c1. The first-order valence-electron chi connectivity index (χ1n) is 7.18. The lowest BCUT2D eigenvalue weighted by Crippen LogP contribution is -2.34. The van der Waals surface area contributed by atoms with E-state index in [4.69, 9.17) is 23.2 Å². The molecule has 0 aliphatic carbocycles. The van der Waals surface area contributed by atoms with E-state index in [9.17, 15) is 39.6 Å². The number of amides is 2. The highest BCUT2D eigenvalue weighted by molar-refractivity contribution is 7.90. The average Bonchev–Trinajstić information content (AvgIpc) is 2.54. The molecule has 2 rings (SSSR count). The molecule has 0 heterocycles. The molecule has 0 spiro atoms. The average molecular weight is 481 g/mol. The molecule has 0 saturated heterocycles. The molecule has 29 heavy (non-hydrogen) atoms. The second kappa shape index (κ2) is 7.92. The van der Waals surface area contributed by atoms with E-state index in [1.54, 1.807) is 5.32 Å². The lowest BCUT2D eigenvalue weighted by atomic mass is 10.1. The Morgan fingerprint density at radius 3 is 1.79 bits per heavy atom. The Morgan fingerprint density at radius 1 is 0.828 bits per heavy atom. The van der Waals surface area contributed by atoms with Crippen molar-refractivity contribution in [3.05, 3.63) is 57.6 Å². The number of benzene rings is 2. The molecule has 0 saturated carbocycles. The standard InChI is InChI=1S/C15H8Cl2F6N2O3S/c16-11-2-1-10(6-12(11)17)29(27,28)25-13(26)24-9-4-7(14(18,19)20)3-8(5-9)15(21,22)23/h1-6H,(H2,24,25,26). The molecular formula is C15H8Cl2F6N2O3S. The van der Waals surface area contributed by atoms with Crippen LogP contribution in [-0.4, -0.2) is 14.4 Å². The maximum absolute atomic E-state index is 12.8. The molecule has 0 aromatic heterocycles. The molecule has 5 nitrogen and oxygen atoms in total. The normalized spacial score (nSPS) is 12.6. The third-order valence-electron chi connectivity index (χ3n) is 3.27. The number of carbonyl (C=O) groups is 1. The van der Waals surface area contributed by atoms with Gasteiger partial charge < -0.3 is 5.32 Å². The molecule has 0 fully saturated rings. The van der Waals surface area contributed by atoms with Crippen LogP contribution in [0.3, 0.4) is 0 Å². The highest BCUT2D eigenvalue weighted by Gasteiger charge is 2.37. The van der Waals surface area contributed by atoms with E-state index in [1.807, 2.05) is 0 Å². The first kappa shape index (κ1) is 23.1. The quantitative estimate of drug-likeness (QED) is 0.566. The van der Waals surface area contributed by atoms with Gasteiger partial charge in [0.1, 0.15) is 0 Å². The summed E-state index contributed by atoms with van der Waals surface area (Å²) in [6.45, 7) is 0. The smallest absolute Gasteiger partial charge is 0.307 e. The van der Waals surface area contributed by atoms with Gasteiger partial charge in [-0.15, -0.1) is 0 Å². The van der Waals surface area contributed by atoms with Gasteiger partial charge in [0.2, 0.25) is 0 Å². The fourth-order valence-corrected chi connectivity index (χ4v) is 3.30. The van der Waals surface area contributed by atoms with E-state index >= 15 is 0 Å². The van der Waals surface area contributed by atoms with Crippen LogP contribution < -0.4 is 10.0 Å². The molecule has 0 atom stereocenters. The fourth-order valence-electron chi connectivity index (χ4n) is 2.01. The van der Waals surface area contributed by atoms with E-state index < -0.39 is 50.1 Å². The maximum Gasteiger partial charge on any atom is 0.416 e. The topological polar surface area (TPSA) is 75.3 Å². The summed E-state index contributed by atoms with van der Waals surface area (Å²) >= 11 is 11.3. The summed E-state index contributed by atoms with van der Waals surface area (Å²) in [5.41, 5.74) is -4.29. The monoisotopic (exact) mass is 480 g/mol. The van der Waals surface area contributed by atoms with Gasteiger partial charge in [-0.1, -0.05) is 23.2 Å². The Kier molecular flexibility index (Phi) is 6.31. The molecule has 2 N–H and O–H groups in total. The molecule has 0 aliphatic rings. The number of halogens is 8. The Balaban J connectivity index is 2.31. The predicted molar refractivity (Wildman–Crippen MR) is 92.2 cm³/mol. The van der Waals surface area contributed by atoms with Crippen molar-refractivity contribution in [2.75, 3.05) is 5.32 Å². The summed E-state index contributed by atoms with van der Waals surface area (Å²) in [5, 5.41) is 1.48. The van der Waals surface area contributed by atoms with Crippen LogP contribution in [-0.2, 0) is 22.4 Å². The van der Waals surface area contributed by atoms with E-state index in [-0.39, 0.29) is 28.2 Å². The second-order valence-corrected chi connectivity index (χ2v) is 7.93. The Morgan fingerprint density at radius 2 is 1.34 bits per heavy atom. The zero-order valence-corrected chi connectivity index (χ0v) is 15.9. The number of rotatable bonds is 3. The van der Waals surface area contributed by atoms with Crippen molar-refractivity contribution >= 4 is 44.9 Å². The molecule has 2 amide bonds. The van der Waals surface area contributed by atoms with Gasteiger partial charge in [0, 0.05) is 5.69 Å². The highest BCUT2D eigenvalue weighted by atomic mass is 35.5. The van der Waals surface area contributed by atoms with Crippen molar-refractivity contribution in [3.63, 3.8) is 0 Å². The van der Waals surface area contributed by atoms with E-state index in [2.05, 4.69) is 0 Å². The van der Waals surface area contributed by atoms with Gasteiger partial charge in [-0.05, 0) is 36.4 Å². The second-order valence-electron chi connectivity index (χ2n) is 5.43. The summed E-state index contributed by atoms with van der Waals surface area (Å²) in [6, 6.07) is 1.69. The minimum Gasteiger partial charge on any atom is -0.307 e.